The number of amides is 2. The number of hydrogen-bond donors (Lipinski definition) is 3. The van der Waals surface area contributed by atoms with Crippen molar-refractivity contribution in [3.8, 4) is 0 Å². The number of allylic oxidation sites excluding steroid dienone is 1. The van der Waals surface area contributed by atoms with E-state index in [0.29, 0.717) is 11.3 Å². The number of thioether (sulfide) groups is 1. The van der Waals surface area contributed by atoms with E-state index in [1.807, 2.05) is 0 Å². The van der Waals surface area contributed by atoms with Crippen LogP contribution < -0.4 is 11.1 Å². The molecule has 2 amide bonds. The van der Waals surface area contributed by atoms with Crippen LogP contribution in [0.4, 0.5) is 5.13 Å². The molecule has 0 bridgehead atoms. The molecule has 0 radical (unpaired) electrons. The van der Waals surface area contributed by atoms with Gasteiger partial charge in [-0.25, -0.2) is 9.78 Å². The first kappa shape index (κ1) is 24.7. The van der Waals surface area contributed by atoms with E-state index in [9.17, 15) is 24.4 Å². The van der Waals surface area contributed by atoms with E-state index in [0.717, 1.165) is 29.8 Å². The lowest BCUT2D eigenvalue weighted by Gasteiger charge is -2.50. The Morgan fingerprint density at radius 3 is 2.66 bits per heavy atom. The molecule has 1 saturated carbocycles. The highest BCUT2D eigenvalue weighted by atomic mass is 32.2. The standard InChI is InChI=1S/C21H23N5O7S2/c1-8(11-4-5-11)12-6-34-19-15(24-17(28)14(25-31)13-7-35-21(22)23-13)18(29)26(19)16(12)20(30)33-10(3)32-9(2)27/h7,10-11,15,19,31H,1,4-6H2,2-3H3,(H2,22,23)(H,24,28)/b25-14-/t10?,15-,19+/m1/s1. The molecule has 2 fully saturated rings. The Morgan fingerprint density at radius 1 is 1.37 bits per heavy atom. The summed E-state index contributed by atoms with van der Waals surface area (Å²) >= 11 is 2.42. The van der Waals surface area contributed by atoms with E-state index in [2.05, 4.69) is 22.0 Å². The molecule has 0 spiro atoms. The van der Waals surface area contributed by atoms with Gasteiger partial charge in [-0.15, -0.1) is 23.1 Å². The number of ether oxygens (including phenoxy) is 2. The summed E-state index contributed by atoms with van der Waals surface area (Å²) in [6.07, 6.45) is 0.732. The number of β-lactam (4-membered cyclic amide) rings is 1. The maximum Gasteiger partial charge on any atom is 0.358 e. The number of aromatic nitrogens is 1. The number of nitrogens with one attached hydrogen (secondary N) is 1. The van der Waals surface area contributed by atoms with Gasteiger partial charge in [-0.1, -0.05) is 11.7 Å². The van der Waals surface area contributed by atoms with Crippen LogP contribution in [0.2, 0.25) is 0 Å². The number of carbonyl (C=O) groups excluding carboxylic acids is 4. The minimum Gasteiger partial charge on any atom is -0.426 e. The smallest absolute Gasteiger partial charge is 0.358 e. The number of fused-ring (bicyclic) bond motifs is 1. The molecule has 0 aromatic carbocycles. The van der Waals surface area contributed by atoms with Gasteiger partial charge in [0.05, 0.1) is 0 Å². The van der Waals surface area contributed by atoms with Crippen LogP contribution in [-0.4, -0.2) is 68.0 Å². The lowest BCUT2D eigenvalue weighted by atomic mass is 9.97. The minimum absolute atomic E-state index is 0.0310. The van der Waals surface area contributed by atoms with Gasteiger partial charge in [0.2, 0.25) is 6.29 Å². The summed E-state index contributed by atoms with van der Waals surface area (Å²) in [5, 5.41) is 15.9. The van der Waals surface area contributed by atoms with Crippen LogP contribution in [0.5, 0.6) is 0 Å². The first-order valence-electron chi connectivity index (χ1n) is 10.6. The number of oxime groups is 1. The van der Waals surface area contributed by atoms with Crippen LogP contribution >= 0.6 is 23.1 Å². The van der Waals surface area contributed by atoms with Gasteiger partial charge in [0.25, 0.3) is 11.8 Å². The quantitative estimate of drug-likeness (QED) is 0.112. The van der Waals surface area contributed by atoms with Crippen molar-refractivity contribution in [1.82, 2.24) is 15.2 Å². The predicted molar refractivity (Wildman–Crippen MR) is 126 cm³/mol. The van der Waals surface area contributed by atoms with Crippen molar-refractivity contribution in [3.05, 3.63) is 34.5 Å². The number of thiazole rings is 1. The molecule has 4 rings (SSSR count). The number of hydrogen-bond acceptors (Lipinski definition) is 12. The normalized spacial score (nSPS) is 22.6. The van der Waals surface area contributed by atoms with Crippen LogP contribution in [-0.2, 0) is 28.7 Å². The Kier molecular flexibility index (Phi) is 6.85. The van der Waals surface area contributed by atoms with Crippen molar-refractivity contribution >= 4 is 57.7 Å². The lowest BCUT2D eigenvalue weighted by Crippen LogP contribution is -2.71. The molecule has 2 aliphatic heterocycles. The van der Waals surface area contributed by atoms with E-state index in [1.54, 1.807) is 0 Å². The van der Waals surface area contributed by atoms with Crippen LogP contribution in [0.1, 0.15) is 32.4 Å². The SMILES string of the molecule is C=C(C1=C(C(=O)OC(C)OC(C)=O)N2C(=O)[C@@H](NC(=O)/C(=N\O)c3csc(N)n3)[C@@H]2SC1)C1CC1. The number of nitrogens with two attached hydrogens (primary N) is 1. The summed E-state index contributed by atoms with van der Waals surface area (Å²) in [7, 11) is 0. The fraction of sp³-hybridized carbons (Fsp3) is 0.429. The van der Waals surface area contributed by atoms with E-state index in [4.69, 9.17) is 15.2 Å². The molecule has 1 aromatic heterocycles. The maximum absolute atomic E-state index is 13.1. The third-order valence-corrected chi connectivity index (χ3v) is 7.54. The molecule has 3 aliphatic rings. The van der Waals surface area contributed by atoms with Crippen LogP contribution in [0, 0.1) is 5.92 Å². The summed E-state index contributed by atoms with van der Waals surface area (Å²) in [6, 6.07) is -0.982. The summed E-state index contributed by atoms with van der Waals surface area (Å²) in [6.45, 7) is 6.70. The second-order valence-electron chi connectivity index (χ2n) is 8.09. The van der Waals surface area contributed by atoms with Gasteiger partial charge in [-0.05, 0) is 29.9 Å². The molecule has 3 atom stereocenters. The van der Waals surface area contributed by atoms with Crippen molar-refractivity contribution in [2.24, 2.45) is 11.1 Å². The molecule has 1 aliphatic carbocycles. The second kappa shape index (κ2) is 9.70. The van der Waals surface area contributed by atoms with Gasteiger partial charge < -0.3 is 25.7 Å². The minimum atomic E-state index is -1.16. The average molecular weight is 522 g/mol. The molecule has 14 heteroatoms. The van der Waals surface area contributed by atoms with Gasteiger partial charge in [0, 0.05) is 25.0 Å². The van der Waals surface area contributed by atoms with Gasteiger partial charge in [-0.2, -0.15) is 0 Å². The van der Waals surface area contributed by atoms with E-state index >= 15 is 0 Å². The number of nitrogen functional groups attached to an aromatic ring is 1. The zero-order chi connectivity index (χ0) is 25.4. The first-order valence-corrected chi connectivity index (χ1v) is 12.5. The van der Waals surface area contributed by atoms with E-state index < -0.39 is 47.2 Å². The Bertz CT molecular complexity index is 1170. The third-order valence-electron chi connectivity index (χ3n) is 5.59. The molecule has 12 nitrogen and oxygen atoms in total. The van der Waals surface area contributed by atoms with Crippen molar-refractivity contribution in [3.63, 3.8) is 0 Å². The molecular weight excluding hydrogens is 498 g/mol. The van der Waals surface area contributed by atoms with Crippen molar-refractivity contribution in [1.29, 1.82) is 0 Å². The number of rotatable bonds is 8. The number of nitrogens with zero attached hydrogens (tertiary/aromatic N) is 3. The number of anilines is 1. The van der Waals surface area contributed by atoms with Crippen LogP contribution in [0.15, 0.2) is 34.0 Å². The van der Waals surface area contributed by atoms with E-state index in [-0.39, 0.29) is 22.4 Å². The fourth-order valence-electron chi connectivity index (χ4n) is 3.82. The maximum atomic E-state index is 13.1. The van der Waals surface area contributed by atoms with Gasteiger partial charge >= 0.3 is 11.9 Å². The van der Waals surface area contributed by atoms with Crippen molar-refractivity contribution in [2.75, 3.05) is 11.5 Å². The summed E-state index contributed by atoms with van der Waals surface area (Å²) in [5.74, 6) is -2.21. The molecule has 1 saturated heterocycles. The van der Waals surface area contributed by atoms with Gasteiger partial charge in [0.15, 0.2) is 10.8 Å². The molecule has 35 heavy (non-hydrogen) atoms. The number of esters is 2. The van der Waals surface area contributed by atoms with E-state index in [1.165, 1.54) is 35.9 Å². The van der Waals surface area contributed by atoms with Gasteiger partial charge in [0.1, 0.15) is 22.8 Å². The monoisotopic (exact) mass is 521 g/mol. The van der Waals surface area contributed by atoms with Gasteiger partial charge in [-0.3, -0.25) is 19.3 Å². The van der Waals surface area contributed by atoms with Crippen LogP contribution in [0.3, 0.4) is 0 Å². The molecule has 186 valence electrons. The lowest BCUT2D eigenvalue weighted by molar-refractivity contribution is -0.182. The molecule has 4 N–H and O–H groups in total. The predicted octanol–water partition coefficient (Wildman–Crippen LogP) is 0.976. The second-order valence-corrected chi connectivity index (χ2v) is 10.1. The topological polar surface area (TPSA) is 174 Å². The Balaban J connectivity index is 1.54. The zero-order valence-corrected chi connectivity index (χ0v) is 20.5. The van der Waals surface area contributed by atoms with Crippen molar-refractivity contribution < 1.29 is 33.9 Å². The Labute approximate surface area is 208 Å². The number of carbonyl (C=O) groups is 4. The average Bonchev–Trinajstić information content (AvgIpc) is 3.57. The first-order chi connectivity index (χ1) is 16.6. The highest BCUT2D eigenvalue weighted by Gasteiger charge is 2.55. The Morgan fingerprint density at radius 2 is 2.09 bits per heavy atom. The fourth-order valence-corrected chi connectivity index (χ4v) is 5.76. The summed E-state index contributed by atoms with van der Waals surface area (Å²) < 4.78 is 10.2. The molecular formula is C21H23N5O7S2. The highest BCUT2D eigenvalue weighted by Crippen LogP contribution is 2.47. The zero-order valence-electron chi connectivity index (χ0n) is 18.8. The van der Waals surface area contributed by atoms with Crippen LogP contribution in [0.25, 0.3) is 0 Å². The summed E-state index contributed by atoms with van der Waals surface area (Å²) in [5.41, 5.74) is 6.65. The third kappa shape index (κ3) is 4.89. The Hall–Kier alpha value is -3.39. The largest absolute Gasteiger partial charge is 0.426 e. The molecule has 1 aromatic rings. The van der Waals surface area contributed by atoms with Crippen molar-refractivity contribution in [2.45, 2.75) is 44.4 Å². The highest BCUT2D eigenvalue weighted by molar-refractivity contribution is 8.00. The molecule has 3 heterocycles. The summed E-state index contributed by atoms with van der Waals surface area (Å²) in [4.78, 5) is 55.3. The molecule has 1 unspecified atom stereocenters.